The Morgan fingerprint density at radius 2 is 1.70 bits per heavy atom. The van der Waals surface area contributed by atoms with Gasteiger partial charge in [-0.1, -0.05) is 39.3 Å². The number of halogens is 3. The fourth-order valence-corrected chi connectivity index (χ4v) is 5.90. The number of hydrogen-bond donors (Lipinski definition) is 2. The third-order valence-electron chi connectivity index (χ3n) is 7.24. The summed E-state index contributed by atoms with van der Waals surface area (Å²) in [6, 6.07) is 6.94. The highest BCUT2D eigenvalue weighted by molar-refractivity contribution is 8.00. The van der Waals surface area contributed by atoms with Crippen molar-refractivity contribution >= 4 is 35.6 Å². The molecule has 3 amide bonds. The van der Waals surface area contributed by atoms with Crippen LogP contribution in [0.3, 0.4) is 0 Å². The van der Waals surface area contributed by atoms with E-state index < -0.39 is 58.8 Å². The monoisotopic (exact) mass is 681 g/mol. The van der Waals surface area contributed by atoms with Crippen LogP contribution in [0.2, 0.25) is 0 Å². The van der Waals surface area contributed by atoms with Crippen molar-refractivity contribution in [3.63, 3.8) is 0 Å². The third kappa shape index (κ3) is 11.4. The van der Waals surface area contributed by atoms with Gasteiger partial charge in [-0.05, 0) is 49.1 Å². The molecule has 0 aliphatic carbocycles. The molecule has 10 nitrogen and oxygen atoms in total. The lowest BCUT2D eigenvalue weighted by Crippen LogP contribution is -2.47. The summed E-state index contributed by atoms with van der Waals surface area (Å²) in [5.74, 6) is -4.13. The summed E-state index contributed by atoms with van der Waals surface area (Å²) in [5.41, 5.74) is 0.529. The van der Waals surface area contributed by atoms with Crippen LogP contribution in [0.15, 0.2) is 36.4 Å². The van der Waals surface area contributed by atoms with E-state index in [4.69, 9.17) is 14.2 Å². The molecule has 3 atom stereocenters. The van der Waals surface area contributed by atoms with Gasteiger partial charge in [0.25, 0.3) is 5.91 Å². The number of amides is 3. The number of carbonyl (C=O) groups excluding carboxylic acids is 4. The Labute approximate surface area is 277 Å². The summed E-state index contributed by atoms with van der Waals surface area (Å²) in [7, 11) is 0. The van der Waals surface area contributed by atoms with Crippen molar-refractivity contribution in [3.8, 4) is 5.75 Å². The van der Waals surface area contributed by atoms with Crippen molar-refractivity contribution in [1.82, 2.24) is 15.5 Å². The Balaban J connectivity index is 1.62. The SMILES string of the molecule is CCCCOC(=O)N[C@@H](CC(=O)N1CCS[C@@H]1C(=O)NCc1ccc(OC(C(=O)OCC)C(C)C)cc1)Cc1cc(F)c(F)cc1F. The second kappa shape index (κ2) is 18.4. The molecular formula is C33H42F3N3O7S. The van der Waals surface area contributed by atoms with Gasteiger partial charge in [0.1, 0.15) is 11.6 Å². The fourth-order valence-electron chi connectivity index (χ4n) is 4.74. The zero-order valence-electron chi connectivity index (χ0n) is 27.0. The molecule has 2 N–H and O–H groups in total. The molecular weight excluding hydrogens is 639 g/mol. The van der Waals surface area contributed by atoms with Gasteiger partial charge >= 0.3 is 12.1 Å². The van der Waals surface area contributed by atoms with E-state index in [0.717, 1.165) is 12.0 Å². The zero-order valence-corrected chi connectivity index (χ0v) is 27.8. The van der Waals surface area contributed by atoms with Gasteiger partial charge in [-0.2, -0.15) is 0 Å². The quantitative estimate of drug-likeness (QED) is 0.142. The molecule has 1 aliphatic heterocycles. The Morgan fingerprint density at radius 3 is 2.36 bits per heavy atom. The first-order chi connectivity index (χ1) is 22.4. The molecule has 0 saturated carbocycles. The molecule has 0 radical (unpaired) electrons. The van der Waals surface area contributed by atoms with Crippen LogP contribution in [0.5, 0.6) is 5.75 Å². The van der Waals surface area contributed by atoms with E-state index in [1.165, 1.54) is 16.7 Å². The molecule has 1 fully saturated rings. The number of ether oxygens (including phenoxy) is 3. The first-order valence-corrected chi connectivity index (χ1v) is 16.7. The molecule has 0 aromatic heterocycles. The zero-order chi connectivity index (χ0) is 34.5. The largest absolute Gasteiger partial charge is 0.478 e. The van der Waals surface area contributed by atoms with Gasteiger partial charge < -0.3 is 29.7 Å². The lowest BCUT2D eigenvalue weighted by atomic mass is 10.0. The number of esters is 1. The van der Waals surface area contributed by atoms with E-state index in [-0.39, 0.29) is 50.6 Å². The van der Waals surface area contributed by atoms with Crippen molar-refractivity contribution in [2.45, 2.75) is 77.4 Å². The van der Waals surface area contributed by atoms with Gasteiger partial charge in [-0.3, -0.25) is 9.59 Å². The van der Waals surface area contributed by atoms with E-state index in [1.807, 2.05) is 20.8 Å². The standard InChI is InChI=1S/C33H42F3N3O7S/c1-5-7-13-45-33(43)38-23(15-22-16-26(35)27(36)18-25(22)34)17-28(40)39-12-14-47-31(39)30(41)37-19-21-8-10-24(11-9-21)46-29(20(3)4)32(42)44-6-2/h8-11,16,18,20,23,29,31H,5-7,12-15,17,19H2,1-4H3,(H,37,41)(H,38,43)/t23-,29?,31-/m1/s1. The van der Waals surface area contributed by atoms with Crippen LogP contribution >= 0.6 is 11.8 Å². The van der Waals surface area contributed by atoms with E-state index in [1.54, 1.807) is 31.2 Å². The molecule has 1 unspecified atom stereocenters. The predicted octanol–water partition coefficient (Wildman–Crippen LogP) is 5.12. The van der Waals surface area contributed by atoms with E-state index >= 15 is 0 Å². The van der Waals surface area contributed by atoms with Crippen molar-refractivity contribution in [1.29, 1.82) is 0 Å². The van der Waals surface area contributed by atoms with Crippen LogP contribution in [0.1, 0.15) is 58.1 Å². The Bertz CT molecular complexity index is 1380. The maximum absolute atomic E-state index is 14.4. The number of rotatable bonds is 16. The fraction of sp³-hybridized carbons (Fsp3) is 0.515. The molecule has 1 heterocycles. The number of nitrogens with zero attached hydrogens (tertiary/aromatic N) is 1. The minimum atomic E-state index is -1.35. The molecule has 2 aromatic carbocycles. The van der Waals surface area contributed by atoms with Crippen molar-refractivity contribution in [3.05, 3.63) is 65.0 Å². The van der Waals surface area contributed by atoms with Crippen LogP contribution in [0.25, 0.3) is 0 Å². The van der Waals surface area contributed by atoms with Crippen molar-refractivity contribution in [2.24, 2.45) is 5.92 Å². The van der Waals surface area contributed by atoms with Crippen LogP contribution in [-0.4, -0.2) is 71.8 Å². The summed E-state index contributed by atoms with van der Waals surface area (Å²) in [6.45, 7) is 8.15. The first kappa shape index (κ1) is 37.5. The number of benzene rings is 2. The van der Waals surface area contributed by atoms with Crippen LogP contribution in [0, 0.1) is 23.4 Å². The van der Waals surface area contributed by atoms with E-state index in [0.29, 0.717) is 30.1 Å². The second-order valence-corrected chi connectivity index (χ2v) is 12.5. The number of thioether (sulfide) groups is 1. The lowest BCUT2D eigenvalue weighted by Gasteiger charge is -2.26. The summed E-state index contributed by atoms with van der Waals surface area (Å²) >= 11 is 1.27. The molecule has 258 valence electrons. The van der Waals surface area contributed by atoms with Crippen LogP contribution in [0.4, 0.5) is 18.0 Å². The molecule has 47 heavy (non-hydrogen) atoms. The van der Waals surface area contributed by atoms with Gasteiger partial charge in [-0.15, -0.1) is 11.8 Å². The van der Waals surface area contributed by atoms with Crippen molar-refractivity contribution in [2.75, 3.05) is 25.5 Å². The number of unbranched alkanes of at least 4 members (excludes halogenated alkanes) is 1. The molecule has 1 aliphatic rings. The van der Waals surface area contributed by atoms with E-state index in [2.05, 4.69) is 10.6 Å². The Kier molecular flexibility index (Phi) is 14.7. The first-order valence-electron chi connectivity index (χ1n) is 15.6. The molecule has 0 spiro atoms. The number of hydrogen-bond acceptors (Lipinski definition) is 8. The van der Waals surface area contributed by atoms with Gasteiger partial charge in [-0.25, -0.2) is 22.8 Å². The molecule has 3 rings (SSSR count). The van der Waals surface area contributed by atoms with Crippen LogP contribution < -0.4 is 15.4 Å². The normalized spacial score (nSPS) is 15.6. The number of nitrogens with one attached hydrogen (secondary N) is 2. The van der Waals surface area contributed by atoms with Gasteiger partial charge in [0.15, 0.2) is 23.1 Å². The topological polar surface area (TPSA) is 123 Å². The average molecular weight is 682 g/mol. The minimum Gasteiger partial charge on any atom is -0.478 e. The maximum Gasteiger partial charge on any atom is 0.407 e. The minimum absolute atomic E-state index is 0.111. The Morgan fingerprint density at radius 1 is 1.00 bits per heavy atom. The summed E-state index contributed by atoms with van der Waals surface area (Å²) < 4.78 is 57.9. The highest BCUT2D eigenvalue weighted by atomic mass is 32.2. The summed E-state index contributed by atoms with van der Waals surface area (Å²) in [4.78, 5) is 52.6. The third-order valence-corrected chi connectivity index (χ3v) is 8.45. The van der Waals surface area contributed by atoms with Gasteiger partial charge in [0, 0.05) is 43.3 Å². The van der Waals surface area contributed by atoms with Gasteiger partial charge in [0.05, 0.1) is 13.2 Å². The highest BCUT2D eigenvalue weighted by Crippen LogP contribution is 2.26. The van der Waals surface area contributed by atoms with Gasteiger partial charge in [0.2, 0.25) is 5.91 Å². The van der Waals surface area contributed by atoms with Crippen molar-refractivity contribution < 1.29 is 46.6 Å². The predicted molar refractivity (Wildman–Crippen MR) is 170 cm³/mol. The molecule has 14 heteroatoms. The number of carbonyl (C=O) groups is 4. The second-order valence-electron chi connectivity index (χ2n) is 11.3. The molecule has 1 saturated heterocycles. The molecule has 2 aromatic rings. The summed E-state index contributed by atoms with van der Waals surface area (Å²) in [6.07, 6.45) is -0.852. The highest BCUT2D eigenvalue weighted by Gasteiger charge is 2.36. The lowest BCUT2D eigenvalue weighted by molar-refractivity contribution is -0.153. The van der Waals surface area contributed by atoms with E-state index in [9.17, 15) is 32.3 Å². The average Bonchev–Trinajstić information content (AvgIpc) is 3.52. The number of alkyl carbamates (subject to hydrolysis) is 1. The summed E-state index contributed by atoms with van der Waals surface area (Å²) in [5, 5.41) is 4.51. The smallest absolute Gasteiger partial charge is 0.407 e. The Hall–Kier alpha value is -3.94. The maximum atomic E-state index is 14.4. The van der Waals surface area contributed by atoms with Crippen LogP contribution in [-0.2, 0) is 36.8 Å². The molecule has 0 bridgehead atoms.